The summed E-state index contributed by atoms with van der Waals surface area (Å²) in [6.45, 7) is 1.57. The van der Waals surface area contributed by atoms with Crippen molar-refractivity contribution < 1.29 is 33.2 Å². The van der Waals surface area contributed by atoms with Crippen molar-refractivity contribution in [3.63, 3.8) is 0 Å². The average Bonchev–Trinajstić information content (AvgIpc) is 3.59. The van der Waals surface area contributed by atoms with Gasteiger partial charge in [-0.05, 0) is 52.8 Å². The molecule has 11 heteroatoms. The number of hydrogen-bond acceptors (Lipinski definition) is 8. The molecule has 3 heterocycles. The van der Waals surface area contributed by atoms with Crippen LogP contribution in [-0.2, 0) is 41.5 Å². The molecule has 2 aliphatic heterocycles. The summed E-state index contributed by atoms with van der Waals surface area (Å²) >= 11 is -0.315. The van der Waals surface area contributed by atoms with Gasteiger partial charge in [-0.3, -0.25) is 14.5 Å². The molecule has 3 aromatic carbocycles. The van der Waals surface area contributed by atoms with Gasteiger partial charge in [-0.25, -0.2) is 9.59 Å². The molecule has 4 aromatic rings. The first-order chi connectivity index (χ1) is 22.3. The molecular formula is C35H30N2O7S2. The third kappa shape index (κ3) is 6.48. The van der Waals surface area contributed by atoms with E-state index in [0.29, 0.717) is 16.7 Å². The summed E-state index contributed by atoms with van der Waals surface area (Å²) in [5.74, 6) is -2.63. The largest absolute Gasteiger partial charge is 0.614 e. The maximum Gasteiger partial charge on any atom is 0.356 e. The number of β-lactam (4-membered cyclic amide) rings is 1. The summed E-state index contributed by atoms with van der Waals surface area (Å²) in [7, 11) is 0. The van der Waals surface area contributed by atoms with Crippen LogP contribution in [0, 0.1) is 0 Å². The summed E-state index contributed by atoms with van der Waals surface area (Å²) < 4.78 is 25.5. The highest BCUT2D eigenvalue weighted by Gasteiger charge is 2.62. The molecule has 1 saturated heterocycles. The maximum absolute atomic E-state index is 14.2. The van der Waals surface area contributed by atoms with Crippen molar-refractivity contribution in [1.82, 2.24) is 10.2 Å². The fraction of sp³-hybridized carbons (Fsp3) is 0.200. The zero-order chi connectivity index (χ0) is 32.2. The monoisotopic (exact) mass is 654 g/mol. The van der Waals surface area contributed by atoms with Gasteiger partial charge >= 0.3 is 11.9 Å². The van der Waals surface area contributed by atoms with Crippen LogP contribution in [0.1, 0.15) is 39.4 Å². The number of fused-ring (bicyclic) bond motifs is 1. The maximum atomic E-state index is 14.2. The second-order valence-corrected chi connectivity index (χ2v) is 13.4. The zero-order valence-electron chi connectivity index (χ0n) is 24.7. The Morgan fingerprint density at radius 3 is 2.09 bits per heavy atom. The number of esters is 2. The second-order valence-electron chi connectivity index (χ2n) is 10.8. The van der Waals surface area contributed by atoms with Crippen LogP contribution in [0.25, 0.3) is 0 Å². The Labute approximate surface area is 273 Å². The molecule has 0 saturated carbocycles. The lowest BCUT2D eigenvalue weighted by molar-refractivity contribution is -0.155. The third-order valence-electron chi connectivity index (χ3n) is 7.79. The Bertz CT molecular complexity index is 1710. The van der Waals surface area contributed by atoms with Gasteiger partial charge in [0.1, 0.15) is 17.6 Å². The van der Waals surface area contributed by atoms with Crippen molar-refractivity contribution in [2.24, 2.45) is 0 Å². The molecule has 1 N–H and O–H groups in total. The standard InChI is InChI=1S/C35H30N2O7S2/c1-22(43-34(40)25-16-9-4-10-17-25)27-21-46(42)33-29(36-28(38)20-26-18-11-19-45-26)32(39)37(33)30(27)35(41)44-31(23-12-5-2-6-13-23)24-14-7-3-8-15-24/h2-19,22,29,31,33H,20-21H2,1H3,(H,36,38)/t22?,29-,33-,46?/m1/s1. The van der Waals surface area contributed by atoms with E-state index in [1.807, 2.05) is 78.2 Å². The Morgan fingerprint density at radius 1 is 0.891 bits per heavy atom. The number of hydrogen-bond donors (Lipinski definition) is 1. The van der Waals surface area contributed by atoms with E-state index in [1.165, 1.54) is 11.3 Å². The molecule has 0 aliphatic carbocycles. The topological polar surface area (TPSA) is 125 Å². The number of nitrogens with one attached hydrogen (secondary N) is 1. The van der Waals surface area contributed by atoms with Gasteiger partial charge in [-0.2, -0.15) is 0 Å². The highest BCUT2D eigenvalue weighted by atomic mass is 32.2. The van der Waals surface area contributed by atoms with Gasteiger partial charge in [0.05, 0.1) is 17.6 Å². The number of ether oxygens (including phenoxy) is 2. The Kier molecular flexibility index (Phi) is 9.34. The van der Waals surface area contributed by atoms with Gasteiger partial charge in [0.2, 0.25) is 11.3 Å². The number of benzene rings is 3. The van der Waals surface area contributed by atoms with Crippen LogP contribution in [-0.4, -0.2) is 56.5 Å². The molecule has 2 amide bonds. The molecular weight excluding hydrogens is 625 g/mol. The molecule has 4 atom stereocenters. The molecule has 2 unspecified atom stereocenters. The van der Waals surface area contributed by atoms with E-state index in [2.05, 4.69) is 5.32 Å². The number of rotatable bonds is 10. The van der Waals surface area contributed by atoms with E-state index in [4.69, 9.17) is 9.47 Å². The first-order valence-electron chi connectivity index (χ1n) is 14.6. The average molecular weight is 655 g/mol. The number of carbonyl (C=O) groups excluding carboxylic acids is 4. The van der Waals surface area contributed by atoms with Crippen molar-refractivity contribution >= 4 is 46.3 Å². The number of nitrogens with zero attached hydrogens (tertiary/aromatic N) is 1. The molecule has 0 radical (unpaired) electrons. The lowest BCUT2D eigenvalue weighted by Gasteiger charge is -2.49. The first kappa shape index (κ1) is 31.3. The minimum Gasteiger partial charge on any atom is -0.614 e. The Morgan fingerprint density at radius 2 is 1.50 bits per heavy atom. The van der Waals surface area contributed by atoms with E-state index < -0.39 is 58.6 Å². The number of amides is 2. The Balaban J connectivity index is 1.33. The van der Waals surface area contributed by atoms with Gasteiger partial charge in [0.25, 0.3) is 5.91 Å². The third-order valence-corrected chi connectivity index (χ3v) is 10.3. The highest BCUT2D eigenvalue weighted by molar-refractivity contribution is 7.92. The van der Waals surface area contributed by atoms with Crippen molar-refractivity contribution in [2.75, 3.05) is 5.75 Å². The van der Waals surface area contributed by atoms with E-state index in [9.17, 15) is 23.7 Å². The number of thiophene rings is 1. The van der Waals surface area contributed by atoms with Crippen molar-refractivity contribution in [3.05, 3.63) is 141 Å². The van der Waals surface area contributed by atoms with Crippen LogP contribution in [0.15, 0.2) is 120 Å². The quantitative estimate of drug-likeness (QED) is 0.151. The van der Waals surface area contributed by atoms with E-state index in [0.717, 1.165) is 9.78 Å². The van der Waals surface area contributed by atoms with Gasteiger partial charge in [-0.15, -0.1) is 11.3 Å². The zero-order valence-corrected chi connectivity index (χ0v) is 26.4. The fourth-order valence-corrected chi connectivity index (χ4v) is 8.01. The molecule has 0 spiro atoms. The lowest BCUT2D eigenvalue weighted by Crippen LogP contribution is -2.75. The van der Waals surface area contributed by atoms with Crippen LogP contribution in [0.4, 0.5) is 0 Å². The summed E-state index contributed by atoms with van der Waals surface area (Å²) in [6, 6.07) is 29.3. The van der Waals surface area contributed by atoms with Gasteiger partial charge in [0.15, 0.2) is 12.1 Å². The second kappa shape index (κ2) is 13.7. The smallest absolute Gasteiger partial charge is 0.356 e. The summed E-state index contributed by atoms with van der Waals surface area (Å²) in [5, 5.41) is 3.57. The minimum absolute atomic E-state index is 0.0685. The van der Waals surface area contributed by atoms with Crippen LogP contribution in [0.2, 0.25) is 0 Å². The number of carbonyl (C=O) groups is 4. The minimum atomic E-state index is -1.73. The summed E-state index contributed by atoms with van der Waals surface area (Å²) in [4.78, 5) is 55.6. The molecule has 46 heavy (non-hydrogen) atoms. The van der Waals surface area contributed by atoms with E-state index in [-0.39, 0.29) is 23.4 Å². The molecule has 1 fully saturated rings. The molecule has 9 nitrogen and oxygen atoms in total. The van der Waals surface area contributed by atoms with Gasteiger partial charge in [0, 0.05) is 4.88 Å². The van der Waals surface area contributed by atoms with Crippen molar-refractivity contribution in [3.8, 4) is 0 Å². The normalized spacial score (nSPS) is 19.6. The molecule has 234 valence electrons. The van der Waals surface area contributed by atoms with Crippen molar-refractivity contribution in [1.29, 1.82) is 0 Å². The van der Waals surface area contributed by atoms with E-state index in [1.54, 1.807) is 37.3 Å². The molecule has 1 aromatic heterocycles. The first-order valence-corrected chi connectivity index (χ1v) is 16.9. The summed E-state index contributed by atoms with van der Waals surface area (Å²) in [5.41, 5.74) is 1.77. The fourth-order valence-electron chi connectivity index (χ4n) is 5.52. The van der Waals surface area contributed by atoms with E-state index >= 15 is 0 Å². The predicted molar refractivity (Wildman–Crippen MR) is 173 cm³/mol. The summed E-state index contributed by atoms with van der Waals surface area (Å²) in [6.07, 6.45) is -1.78. The van der Waals surface area contributed by atoms with Gasteiger partial charge in [-0.1, -0.05) is 84.9 Å². The van der Waals surface area contributed by atoms with Crippen molar-refractivity contribution in [2.45, 2.75) is 37.0 Å². The Hall–Kier alpha value is -4.71. The van der Waals surface area contributed by atoms with Crippen LogP contribution in [0.3, 0.4) is 0 Å². The molecule has 6 rings (SSSR count). The SMILES string of the molecule is CC(OC(=O)c1ccccc1)C1=C(C(=O)OC(c2ccccc2)c2ccccc2)N2C(=O)[C@@H](NC(=O)Cc3cccs3)[C@H]2[S+]([O-])C1. The highest BCUT2D eigenvalue weighted by Crippen LogP contribution is 2.40. The van der Waals surface area contributed by atoms with Crippen LogP contribution < -0.4 is 5.32 Å². The van der Waals surface area contributed by atoms with Crippen LogP contribution in [0.5, 0.6) is 0 Å². The lowest BCUT2D eigenvalue weighted by atomic mass is 9.99. The van der Waals surface area contributed by atoms with Crippen LogP contribution >= 0.6 is 11.3 Å². The predicted octanol–water partition coefficient (Wildman–Crippen LogP) is 4.54. The van der Waals surface area contributed by atoms with Gasteiger partial charge < -0.3 is 19.3 Å². The molecule has 2 aliphatic rings. The molecule has 0 bridgehead atoms.